The van der Waals surface area contributed by atoms with Gasteiger partial charge in [-0.05, 0) is 44.8 Å². The minimum absolute atomic E-state index is 0.151. The first kappa shape index (κ1) is 17.4. The van der Waals surface area contributed by atoms with Crippen LogP contribution in [0.3, 0.4) is 0 Å². The number of fused-ring (bicyclic) bond motifs is 1. The minimum Gasteiger partial charge on any atom is -0.453 e. The van der Waals surface area contributed by atoms with Gasteiger partial charge in [0.25, 0.3) is 0 Å². The molecule has 0 atom stereocenters. The molecule has 0 unspecified atom stereocenters. The summed E-state index contributed by atoms with van der Waals surface area (Å²) in [4.78, 5) is 7.61. The Morgan fingerprint density at radius 1 is 1.24 bits per heavy atom. The summed E-state index contributed by atoms with van der Waals surface area (Å²) < 4.78 is 20.6. The van der Waals surface area contributed by atoms with Crippen LogP contribution in [-0.4, -0.2) is 30.5 Å². The fraction of sp³-hybridized carbons (Fsp3) is 0.211. The van der Waals surface area contributed by atoms with Crippen LogP contribution < -0.4 is 10.5 Å². The fourth-order valence-corrected chi connectivity index (χ4v) is 3.34. The van der Waals surface area contributed by atoms with Crippen molar-refractivity contribution in [2.24, 2.45) is 0 Å². The zero-order valence-electron chi connectivity index (χ0n) is 14.2. The first-order valence-electron chi connectivity index (χ1n) is 7.95. The molecule has 0 saturated heterocycles. The molecular weight excluding hydrogens is 337 g/mol. The molecule has 0 bridgehead atoms. The molecule has 2 N–H and O–H groups in total. The predicted molar refractivity (Wildman–Crippen MR) is 103 cm³/mol. The summed E-state index contributed by atoms with van der Waals surface area (Å²) in [6, 6.07) is 8.16. The Morgan fingerprint density at radius 3 is 2.84 bits per heavy atom. The zero-order chi connectivity index (χ0) is 17.8. The van der Waals surface area contributed by atoms with Gasteiger partial charge in [-0.2, -0.15) is 0 Å². The standard InChI is InChI=1S/C19H20FN3OS/c1-23(2)10-4-3-5-14-12-16-19(25-14)18(8-9-22-16)24-17-7-6-13(21)11-15(17)20/h3,5-9,11-12H,4,10,21H2,1-2H3. The van der Waals surface area contributed by atoms with Gasteiger partial charge < -0.3 is 15.4 Å². The Bertz CT molecular complexity index is 905. The van der Waals surface area contributed by atoms with Crippen LogP contribution in [0.2, 0.25) is 0 Å². The molecule has 0 aliphatic rings. The number of ether oxygens (including phenoxy) is 1. The van der Waals surface area contributed by atoms with Crippen molar-refractivity contribution in [3.8, 4) is 11.5 Å². The fourth-order valence-electron chi connectivity index (χ4n) is 2.35. The second kappa shape index (κ2) is 7.63. The van der Waals surface area contributed by atoms with E-state index in [1.54, 1.807) is 29.7 Å². The minimum atomic E-state index is -0.481. The van der Waals surface area contributed by atoms with Crippen molar-refractivity contribution in [1.82, 2.24) is 9.88 Å². The van der Waals surface area contributed by atoms with E-state index in [0.717, 1.165) is 28.1 Å². The van der Waals surface area contributed by atoms with E-state index in [1.807, 2.05) is 6.07 Å². The van der Waals surface area contributed by atoms with Crippen LogP contribution in [-0.2, 0) is 0 Å². The normalized spacial score (nSPS) is 11.7. The number of rotatable bonds is 6. The number of thiophene rings is 1. The number of nitrogens with zero attached hydrogens (tertiary/aromatic N) is 2. The lowest BCUT2D eigenvalue weighted by molar-refractivity contribution is 0.417. The summed E-state index contributed by atoms with van der Waals surface area (Å²) in [5, 5.41) is 0. The Labute approximate surface area is 150 Å². The van der Waals surface area contributed by atoms with Crippen LogP contribution in [0.4, 0.5) is 10.1 Å². The number of nitrogens with two attached hydrogens (primary N) is 1. The van der Waals surface area contributed by atoms with Gasteiger partial charge in [0.1, 0.15) is 5.75 Å². The lowest BCUT2D eigenvalue weighted by atomic mass is 10.3. The van der Waals surface area contributed by atoms with E-state index in [2.05, 4.69) is 36.1 Å². The number of hydrogen-bond acceptors (Lipinski definition) is 5. The van der Waals surface area contributed by atoms with E-state index < -0.39 is 5.82 Å². The molecule has 6 heteroatoms. The van der Waals surface area contributed by atoms with Crippen LogP contribution in [0.1, 0.15) is 11.3 Å². The molecule has 25 heavy (non-hydrogen) atoms. The largest absolute Gasteiger partial charge is 0.453 e. The zero-order valence-corrected chi connectivity index (χ0v) is 15.0. The van der Waals surface area contributed by atoms with Crippen molar-refractivity contribution in [1.29, 1.82) is 0 Å². The van der Waals surface area contributed by atoms with Gasteiger partial charge >= 0.3 is 0 Å². The highest BCUT2D eigenvalue weighted by Crippen LogP contribution is 2.36. The molecule has 3 aromatic rings. The van der Waals surface area contributed by atoms with Gasteiger partial charge in [0.15, 0.2) is 11.6 Å². The quantitative estimate of drug-likeness (QED) is 0.645. The Balaban J connectivity index is 1.84. The molecule has 2 aromatic heterocycles. The molecule has 130 valence electrons. The molecule has 0 radical (unpaired) electrons. The summed E-state index contributed by atoms with van der Waals surface area (Å²) in [6.07, 6.45) is 6.88. The van der Waals surface area contributed by atoms with Crippen LogP contribution >= 0.6 is 11.3 Å². The highest BCUT2D eigenvalue weighted by Gasteiger charge is 2.11. The molecule has 3 rings (SSSR count). The number of aromatic nitrogens is 1. The van der Waals surface area contributed by atoms with Crippen molar-refractivity contribution < 1.29 is 9.13 Å². The molecule has 0 fully saturated rings. The molecular formula is C19H20FN3OS. The second-order valence-electron chi connectivity index (χ2n) is 5.96. The Morgan fingerprint density at radius 2 is 2.08 bits per heavy atom. The SMILES string of the molecule is CN(C)CCC=Cc1cc2nccc(Oc3ccc(N)cc3F)c2s1. The van der Waals surface area contributed by atoms with Gasteiger partial charge in [-0.15, -0.1) is 11.3 Å². The number of nitrogen functional groups attached to an aromatic ring is 1. The maximum Gasteiger partial charge on any atom is 0.167 e. The molecule has 0 spiro atoms. The lowest BCUT2D eigenvalue weighted by Gasteiger charge is -2.07. The molecule has 4 nitrogen and oxygen atoms in total. The maximum absolute atomic E-state index is 14.0. The summed E-state index contributed by atoms with van der Waals surface area (Å²) >= 11 is 1.58. The number of hydrogen-bond donors (Lipinski definition) is 1. The molecule has 0 aliphatic heterocycles. The molecule has 2 heterocycles. The second-order valence-corrected chi connectivity index (χ2v) is 7.04. The molecule has 0 amide bonds. The van der Waals surface area contributed by atoms with Gasteiger partial charge in [0, 0.05) is 35.4 Å². The maximum atomic E-state index is 14.0. The molecule has 0 saturated carbocycles. The van der Waals surface area contributed by atoms with Crippen molar-refractivity contribution in [3.63, 3.8) is 0 Å². The average molecular weight is 357 g/mol. The predicted octanol–water partition coefficient (Wildman–Crippen LogP) is 4.77. The van der Waals surface area contributed by atoms with Gasteiger partial charge in [0.2, 0.25) is 0 Å². The van der Waals surface area contributed by atoms with Crippen LogP contribution in [0.25, 0.3) is 16.3 Å². The number of benzene rings is 1. The van der Waals surface area contributed by atoms with Gasteiger partial charge in [-0.1, -0.05) is 6.08 Å². The first-order valence-corrected chi connectivity index (χ1v) is 8.77. The highest BCUT2D eigenvalue weighted by molar-refractivity contribution is 7.20. The smallest absolute Gasteiger partial charge is 0.167 e. The Hall–Kier alpha value is -2.44. The topological polar surface area (TPSA) is 51.4 Å². The molecule has 0 aliphatic carbocycles. The van der Waals surface area contributed by atoms with E-state index in [4.69, 9.17) is 10.5 Å². The average Bonchev–Trinajstić information content (AvgIpc) is 2.98. The van der Waals surface area contributed by atoms with E-state index in [9.17, 15) is 4.39 Å². The van der Waals surface area contributed by atoms with Crippen LogP contribution in [0.5, 0.6) is 11.5 Å². The third kappa shape index (κ3) is 4.35. The van der Waals surface area contributed by atoms with Crippen LogP contribution in [0.15, 0.2) is 42.6 Å². The summed E-state index contributed by atoms with van der Waals surface area (Å²) in [5.41, 5.74) is 6.78. The number of pyridine rings is 1. The van der Waals surface area contributed by atoms with E-state index in [0.29, 0.717) is 11.4 Å². The van der Waals surface area contributed by atoms with Crippen molar-refractivity contribution >= 4 is 33.3 Å². The van der Waals surface area contributed by atoms with Crippen molar-refractivity contribution in [3.05, 3.63) is 53.3 Å². The summed E-state index contributed by atoms with van der Waals surface area (Å²) in [5.74, 6) is 0.259. The summed E-state index contributed by atoms with van der Waals surface area (Å²) in [7, 11) is 4.11. The van der Waals surface area contributed by atoms with Gasteiger partial charge in [-0.3, -0.25) is 4.98 Å². The first-order chi connectivity index (χ1) is 12.0. The van der Waals surface area contributed by atoms with E-state index >= 15 is 0 Å². The Kier molecular flexibility index (Phi) is 5.31. The number of halogens is 1. The van der Waals surface area contributed by atoms with E-state index in [-0.39, 0.29) is 5.75 Å². The van der Waals surface area contributed by atoms with Gasteiger partial charge in [-0.25, -0.2) is 4.39 Å². The van der Waals surface area contributed by atoms with E-state index in [1.165, 1.54) is 12.1 Å². The number of anilines is 1. The van der Waals surface area contributed by atoms with Gasteiger partial charge in [0.05, 0.1) is 10.2 Å². The third-order valence-corrected chi connectivity index (χ3v) is 4.70. The lowest BCUT2D eigenvalue weighted by Crippen LogP contribution is -2.11. The van der Waals surface area contributed by atoms with Crippen molar-refractivity contribution in [2.45, 2.75) is 6.42 Å². The third-order valence-electron chi connectivity index (χ3n) is 3.60. The molecule has 1 aromatic carbocycles. The van der Waals surface area contributed by atoms with Crippen molar-refractivity contribution in [2.75, 3.05) is 26.4 Å². The monoisotopic (exact) mass is 357 g/mol. The highest BCUT2D eigenvalue weighted by atomic mass is 32.1. The van der Waals surface area contributed by atoms with Crippen LogP contribution in [0, 0.1) is 5.82 Å². The summed E-state index contributed by atoms with van der Waals surface area (Å²) in [6.45, 7) is 1.00.